The van der Waals surface area contributed by atoms with Crippen molar-refractivity contribution in [2.75, 3.05) is 6.54 Å². The van der Waals surface area contributed by atoms with Crippen molar-refractivity contribution in [3.05, 3.63) is 34.4 Å². The maximum atomic E-state index is 5.62. The van der Waals surface area contributed by atoms with Crippen LogP contribution in [0.15, 0.2) is 28.7 Å². The zero-order valence-corrected chi connectivity index (χ0v) is 10.4. The molecular weight excluding hydrogens is 252 g/mol. The average Bonchev–Trinajstić information content (AvgIpc) is 2.58. The summed E-state index contributed by atoms with van der Waals surface area (Å²) in [7, 11) is 0. The Kier molecular flexibility index (Phi) is 3.12. The molecule has 0 spiro atoms. The number of nitrogens with two attached hydrogens (primary N) is 1. The van der Waals surface area contributed by atoms with Crippen LogP contribution in [0, 0.1) is 0 Å². The third kappa shape index (κ3) is 1.82. The Labute approximate surface area is 98.2 Å². The van der Waals surface area contributed by atoms with Gasteiger partial charge in [-0.25, -0.2) is 0 Å². The Bertz CT molecular complexity index is 474. The van der Waals surface area contributed by atoms with Crippen LogP contribution < -0.4 is 5.73 Å². The van der Waals surface area contributed by atoms with Gasteiger partial charge in [0.1, 0.15) is 0 Å². The molecule has 0 radical (unpaired) electrons. The van der Waals surface area contributed by atoms with Gasteiger partial charge in [0.05, 0.1) is 0 Å². The number of hydrogen-bond donors (Lipinski definition) is 1. The van der Waals surface area contributed by atoms with E-state index in [0.717, 1.165) is 17.4 Å². The summed E-state index contributed by atoms with van der Waals surface area (Å²) in [5, 5.41) is 1.28. The summed E-state index contributed by atoms with van der Waals surface area (Å²) in [5.74, 6) is 0. The topological polar surface area (TPSA) is 30.9 Å². The first-order valence-corrected chi connectivity index (χ1v) is 6.04. The first-order chi connectivity index (χ1) is 7.27. The number of benzene rings is 1. The molecule has 1 aromatic carbocycles. The minimum absolute atomic E-state index is 0.702. The SMILES string of the molecule is CCn1c(CCN)cc2c(Br)cccc21. The summed E-state index contributed by atoms with van der Waals surface area (Å²) in [6.07, 6.45) is 0.939. The van der Waals surface area contributed by atoms with Gasteiger partial charge >= 0.3 is 0 Å². The van der Waals surface area contributed by atoms with Gasteiger partial charge in [0, 0.05) is 27.6 Å². The van der Waals surface area contributed by atoms with E-state index in [1.54, 1.807) is 0 Å². The Morgan fingerprint density at radius 2 is 2.20 bits per heavy atom. The van der Waals surface area contributed by atoms with Crippen molar-refractivity contribution < 1.29 is 0 Å². The molecule has 80 valence electrons. The van der Waals surface area contributed by atoms with E-state index in [1.165, 1.54) is 16.6 Å². The van der Waals surface area contributed by atoms with Crippen LogP contribution in [-0.4, -0.2) is 11.1 Å². The van der Waals surface area contributed by atoms with E-state index in [4.69, 9.17) is 5.73 Å². The molecule has 0 fully saturated rings. The lowest BCUT2D eigenvalue weighted by molar-refractivity contribution is 0.732. The second-order valence-corrected chi connectivity index (χ2v) is 4.45. The van der Waals surface area contributed by atoms with Crippen molar-refractivity contribution in [1.82, 2.24) is 4.57 Å². The zero-order chi connectivity index (χ0) is 10.8. The van der Waals surface area contributed by atoms with Gasteiger partial charge < -0.3 is 10.3 Å². The van der Waals surface area contributed by atoms with Crippen molar-refractivity contribution in [3.8, 4) is 0 Å². The van der Waals surface area contributed by atoms with Crippen LogP contribution in [0.2, 0.25) is 0 Å². The maximum Gasteiger partial charge on any atom is 0.0493 e. The summed E-state index contributed by atoms with van der Waals surface area (Å²) in [5.41, 5.74) is 8.23. The average molecular weight is 267 g/mol. The highest BCUT2D eigenvalue weighted by atomic mass is 79.9. The van der Waals surface area contributed by atoms with E-state index in [9.17, 15) is 0 Å². The monoisotopic (exact) mass is 266 g/mol. The fourth-order valence-electron chi connectivity index (χ4n) is 2.03. The Morgan fingerprint density at radius 1 is 1.40 bits per heavy atom. The first-order valence-electron chi connectivity index (χ1n) is 5.24. The highest BCUT2D eigenvalue weighted by molar-refractivity contribution is 9.10. The molecule has 0 amide bonds. The standard InChI is InChI=1S/C12H15BrN2/c1-2-15-9(6-7-14)8-10-11(13)4-3-5-12(10)15/h3-5,8H,2,6-7,14H2,1H3. The molecule has 0 aliphatic rings. The smallest absolute Gasteiger partial charge is 0.0493 e. The molecule has 1 aromatic heterocycles. The van der Waals surface area contributed by atoms with Crippen LogP contribution in [0.5, 0.6) is 0 Å². The maximum absolute atomic E-state index is 5.62. The predicted molar refractivity (Wildman–Crippen MR) is 68.1 cm³/mol. The number of nitrogens with zero attached hydrogens (tertiary/aromatic N) is 1. The lowest BCUT2D eigenvalue weighted by Crippen LogP contribution is -2.07. The number of rotatable bonds is 3. The Hall–Kier alpha value is -0.800. The van der Waals surface area contributed by atoms with Gasteiger partial charge in [-0.3, -0.25) is 0 Å². The van der Waals surface area contributed by atoms with E-state index in [1.807, 2.05) is 0 Å². The Balaban J connectivity index is 2.67. The first kappa shape index (κ1) is 10.7. The minimum Gasteiger partial charge on any atom is -0.345 e. The molecule has 0 saturated heterocycles. The fourth-order valence-corrected chi connectivity index (χ4v) is 2.50. The van der Waals surface area contributed by atoms with E-state index in [0.29, 0.717) is 6.54 Å². The summed E-state index contributed by atoms with van der Waals surface area (Å²) in [4.78, 5) is 0. The summed E-state index contributed by atoms with van der Waals surface area (Å²) in [6, 6.07) is 8.54. The third-order valence-corrected chi connectivity index (χ3v) is 3.39. The normalized spacial score (nSPS) is 11.1. The van der Waals surface area contributed by atoms with Gasteiger partial charge in [-0.2, -0.15) is 0 Å². The van der Waals surface area contributed by atoms with E-state index < -0.39 is 0 Å². The number of aryl methyl sites for hydroxylation is 1. The molecule has 15 heavy (non-hydrogen) atoms. The molecule has 0 saturated carbocycles. The molecule has 2 rings (SSSR count). The lowest BCUT2D eigenvalue weighted by atomic mass is 10.2. The van der Waals surface area contributed by atoms with E-state index >= 15 is 0 Å². The van der Waals surface area contributed by atoms with Gasteiger partial charge in [0.2, 0.25) is 0 Å². The van der Waals surface area contributed by atoms with Crippen LogP contribution in [0.4, 0.5) is 0 Å². The molecule has 0 aliphatic carbocycles. The molecule has 0 aliphatic heterocycles. The number of aromatic nitrogens is 1. The van der Waals surface area contributed by atoms with Crippen molar-refractivity contribution in [1.29, 1.82) is 0 Å². The Morgan fingerprint density at radius 3 is 2.87 bits per heavy atom. The molecule has 2 N–H and O–H groups in total. The van der Waals surface area contributed by atoms with Gasteiger partial charge in [-0.05, 0) is 38.1 Å². The lowest BCUT2D eigenvalue weighted by Gasteiger charge is -2.06. The van der Waals surface area contributed by atoms with Crippen molar-refractivity contribution in [3.63, 3.8) is 0 Å². The van der Waals surface area contributed by atoms with Crippen molar-refractivity contribution in [2.45, 2.75) is 19.9 Å². The van der Waals surface area contributed by atoms with Crippen LogP contribution in [0.3, 0.4) is 0 Å². The molecule has 0 atom stereocenters. The van der Waals surface area contributed by atoms with Crippen LogP contribution >= 0.6 is 15.9 Å². The van der Waals surface area contributed by atoms with E-state index in [2.05, 4.69) is 51.7 Å². The molecule has 2 aromatic rings. The molecular formula is C12H15BrN2. The number of fused-ring (bicyclic) bond motifs is 1. The minimum atomic E-state index is 0.702. The molecule has 0 bridgehead atoms. The number of halogens is 1. The molecule has 0 unspecified atom stereocenters. The van der Waals surface area contributed by atoms with Crippen molar-refractivity contribution in [2.24, 2.45) is 5.73 Å². The largest absolute Gasteiger partial charge is 0.345 e. The van der Waals surface area contributed by atoms with Gasteiger partial charge in [0.15, 0.2) is 0 Å². The van der Waals surface area contributed by atoms with E-state index in [-0.39, 0.29) is 0 Å². The summed E-state index contributed by atoms with van der Waals surface area (Å²) in [6.45, 7) is 3.86. The third-order valence-electron chi connectivity index (χ3n) is 2.70. The zero-order valence-electron chi connectivity index (χ0n) is 8.83. The summed E-state index contributed by atoms with van der Waals surface area (Å²) < 4.78 is 3.48. The quantitative estimate of drug-likeness (QED) is 0.910. The van der Waals surface area contributed by atoms with Crippen LogP contribution in [-0.2, 0) is 13.0 Å². The fraction of sp³-hybridized carbons (Fsp3) is 0.333. The molecule has 1 heterocycles. The number of hydrogen-bond acceptors (Lipinski definition) is 1. The van der Waals surface area contributed by atoms with Gasteiger partial charge in [0.25, 0.3) is 0 Å². The van der Waals surface area contributed by atoms with Crippen LogP contribution in [0.25, 0.3) is 10.9 Å². The molecule has 2 nitrogen and oxygen atoms in total. The van der Waals surface area contributed by atoms with Crippen molar-refractivity contribution >= 4 is 26.8 Å². The second kappa shape index (κ2) is 4.37. The second-order valence-electron chi connectivity index (χ2n) is 3.59. The highest BCUT2D eigenvalue weighted by Crippen LogP contribution is 2.27. The molecule has 3 heteroatoms. The summed E-state index contributed by atoms with van der Waals surface area (Å²) >= 11 is 3.58. The predicted octanol–water partition coefficient (Wildman–Crippen LogP) is 2.92. The van der Waals surface area contributed by atoms with Crippen LogP contribution in [0.1, 0.15) is 12.6 Å². The van der Waals surface area contributed by atoms with Gasteiger partial charge in [-0.15, -0.1) is 0 Å². The van der Waals surface area contributed by atoms with Gasteiger partial charge in [-0.1, -0.05) is 22.0 Å². The highest BCUT2D eigenvalue weighted by Gasteiger charge is 2.08.